The van der Waals surface area contributed by atoms with E-state index in [0.717, 1.165) is 32.5 Å². The van der Waals surface area contributed by atoms with E-state index in [-0.39, 0.29) is 5.41 Å². The number of fused-ring (bicyclic) bond motifs is 1. The summed E-state index contributed by atoms with van der Waals surface area (Å²) in [5.41, 5.74) is 4.29. The molecule has 2 unspecified atom stereocenters. The summed E-state index contributed by atoms with van der Waals surface area (Å²) in [6.07, 6.45) is 2.28. The fourth-order valence-electron chi connectivity index (χ4n) is 4.37. The van der Waals surface area contributed by atoms with Crippen LogP contribution in [-0.4, -0.2) is 30.6 Å². The van der Waals surface area contributed by atoms with Crippen molar-refractivity contribution in [2.75, 3.05) is 25.0 Å². The van der Waals surface area contributed by atoms with Gasteiger partial charge < -0.3 is 10.2 Å². The molecule has 1 N–H and O–H groups in total. The fraction of sp³-hybridized carbons (Fsp3) is 0.455. The van der Waals surface area contributed by atoms with Crippen LogP contribution in [0.1, 0.15) is 44.7 Å². The highest BCUT2D eigenvalue weighted by Crippen LogP contribution is 2.49. The van der Waals surface area contributed by atoms with Crippen molar-refractivity contribution in [3.05, 3.63) is 65.7 Å². The maximum atomic E-state index is 3.81. The summed E-state index contributed by atoms with van der Waals surface area (Å²) in [6, 6.07) is 20.5. The van der Waals surface area contributed by atoms with Crippen molar-refractivity contribution in [2.24, 2.45) is 0 Å². The zero-order chi connectivity index (χ0) is 17.0. The van der Waals surface area contributed by atoms with Crippen LogP contribution in [0.4, 0.5) is 5.69 Å². The molecular formula is C22H30N2. The van der Waals surface area contributed by atoms with Gasteiger partial charge in [0.05, 0.1) is 0 Å². The fourth-order valence-corrected chi connectivity index (χ4v) is 4.37. The van der Waals surface area contributed by atoms with Gasteiger partial charge in [-0.15, -0.1) is 0 Å². The van der Waals surface area contributed by atoms with E-state index in [1.165, 1.54) is 16.8 Å². The first kappa shape index (κ1) is 17.0. The second kappa shape index (κ2) is 7.40. The molecule has 2 heteroatoms. The smallest absolute Gasteiger partial charge is 0.0436 e. The van der Waals surface area contributed by atoms with E-state index in [1.807, 2.05) is 0 Å². The molecule has 0 radical (unpaired) electrons. The van der Waals surface area contributed by atoms with Gasteiger partial charge in [0.25, 0.3) is 0 Å². The van der Waals surface area contributed by atoms with Crippen molar-refractivity contribution in [1.29, 1.82) is 0 Å². The minimum absolute atomic E-state index is 0.0647. The van der Waals surface area contributed by atoms with Crippen molar-refractivity contribution in [1.82, 2.24) is 4.90 Å². The van der Waals surface area contributed by atoms with Crippen LogP contribution in [0.2, 0.25) is 0 Å². The number of hydrogen-bond donors (Lipinski definition) is 1. The maximum absolute atomic E-state index is 3.81. The van der Waals surface area contributed by atoms with E-state index in [9.17, 15) is 0 Å². The first-order chi connectivity index (χ1) is 11.8. The summed E-state index contributed by atoms with van der Waals surface area (Å²) in [4.78, 5) is 2.54. The molecule has 1 aliphatic rings. The lowest BCUT2D eigenvalue weighted by Crippen LogP contribution is -2.42. The van der Waals surface area contributed by atoms with E-state index < -0.39 is 0 Å². The van der Waals surface area contributed by atoms with Gasteiger partial charge in [0, 0.05) is 17.1 Å². The second-order valence-corrected chi connectivity index (χ2v) is 6.77. The molecule has 2 aromatic rings. The van der Waals surface area contributed by atoms with E-state index >= 15 is 0 Å². The Labute approximate surface area is 146 Å². The largest absolute Gasteiger partial charge is 0.381 e. The van der Waals surface area contributed by atoms with Crippen LogP contribution in [0.3, 0.4) is 0 Å². The zero-order valence-corrected chi connectivity index (χ0v) is 15.3. The topological polar surface area (TPSA) is 15.3 Å². The van der Waals surface area contributed by atoms with Crippen molar-refractivity contribution in [3.8, 4) is 0 Å². The van der Waals surface area contributed by atoms with Crippen LogP contribution < -0.4 is 5.32 Å². The quantitative estimate of drug-likeness (QED) is 0.779. The molecule has 0 aliphatic carbocycles. The second-order valence-electron chi connectivity index (χ2n) is 6.77. The molecule has 2 aromatic carbocycles. The number of nitrogens with one attached hydrogen (secondary N) is 1. The van der Waals surface area contributed by atoms with Crippen LogP contribution in [0.15, 0.2) is 54.6 Å². The lowest BCUT2D eigenvalue weighted by atomic mass is 9.68. The molecule has 0 saturated heterocycles. The van der Waals surface area contributed by atoms with E-state index in [1.54, 1.807) is 0 Å². The first-order valence-electron chi connectivity index (χ1n) is 9.40. The van der Waals surface area contributed by atoms with Gasteiger partial charge in [-0.05, 0) is 49.7 Å². The van der Waals surface area contributed by atoms with Crippen LogP contribution >= 0.6 is 0 Å². The molecule has 0 bridgehead atoms. The third-order valence-corrected chi connectivity index (χ3v) is 5.75. The minimum atomic E-state index is 0.0647. The van der Waals surface area contributed by atoms with Crippen LogP contribution in [0, 0.1) is 0 Å². The number of hydrogen-bond acceptors (Lipinski definition) is 2. The maximum Gasteiger partial charge on any atom is 0.0436 e. The molecule has 0 spiro atoms. The van der Waals surface area contributed by atoms with E-state index in [2.05, 4.69) is 85.6 Å². The molecule has 0 fully saturated rings. The molecule has 0 amide bonds. The molecule has 2 nitrogen and oxygen atoms in total. The molecule has 3 rings (SSSR count). The lowest BCUT2D eigenvalue weighted by Gasteiger charge is -2.38. The van der Waals surface area contributed by atoms with E-state index in [0.29, 0.717) is 6.04 Å². The average molecular weight is 322 g/mol. The Morgan fingerprint density at radius 2 is 1.58 bits per heavy atom. The van der Waals surface area contributed by atoms with Gasteiger partial charge in [-0.3, -0.25) is 0 Å². The number of nitrogens with zero attached hydrogens (tertiary/aromatic N) is 1. The first-order valence-corrected chi connectivity index (χ1v) is 9.40. The van der Waals surface area contributed by atoms with Crippen LogP contribution in [-0.2, 0) is 5.41 Å². The number of benzene rings is 2. The van der Waals surface area contributed by atoms with Gasteiger partial charge in [-0.25, -0.2) is 0 Å². The standard InChI is InChI=1S/C22H30N2/c1-4-21-22(16-17-24(5-2)6-3,18-12-8-7-9-13-18)19-14-10-11-15-20(19)23-21/h7-15,21,23H,4-6,16-17H2,1-3H3. The summed E-state index contributed by atoms with van der Waals surface area (Å²) in [5, 5.41) is 3.81. The van der Waals surface area contributed by atoms with Crippen LogP contribution in [0.5, 0.6) is 0 Å². The zero-order valence-electron chi connectivity index (χ0n) is 15.3. The lowest BCUT2D eigenvalue weighted by molar-refractivity contribution is 0.263. The number of anilines is 1. The van der Waals surface area contributed by atoms with Gasteiger partial charge in [0.1, 0.15) is 0 Å². The summed E-state index contributed by atoms with van der Waals surface area (Å²) >= 11 is 0. The van der Waals surface area contributed by atoms with Crippen molar-refractivity contribution in [2.45, 2.75) is 45.1 Å². The molecular weight excluding hydrogens is 292 g/mol. The summed E-state index contributed by atoms with van der Waals surface area (Å²) in [6.45, 7) is 10.2. The Hall–Kier alpha value is -1.80. The van der Waals surface area contributed by atoms with Crippen LogP contribution in [0.25, 0.3) is 0 Å². The third kappa shape index (κ3) is 2.84. The van der Waals surface area contributed by atoms with Crippen molar-refractivity contribution < 1.29 is 0 Å². The van der Waals surface area contributed by atoms with Gasteiger partial charge in [-0.1, -0.05) is 69.3 Å². The Balaban J connectivity index is 2.08. The highest BCUT2D eigenvalue weighted by Gasteiger charge is 2.46. The molecule has 1 heterocycles. The Morgan fingerprint density at radius 1 is 0.917 bits per heavy atom. The SMILES string of the molecule is CCC1Nc2ccccc2C1(CCN(CC)CC)c1ccccc1. The van der Waals surface area contributed by atoms with Gasteiger partial charge >= 0.3 is 0 Å². The Bertz CT molecular complexity index is 648. The Morgan fingerprint density at radius 3 is 2.25 bits per heavy atom. The van der Waals surface area contributed by atoms with Crippen molar-refractivity contribution in [3.63, 3.8) is 0 Å². The summed E-state index contributed by atoms with van der Waals surface area (Å²) in [7, 11) is 0. The van der Waals surface area contributed by atoms with Gasteiger partial charge in [0.15, 0.2) is 0 Å². The molecule has 128 valence electrons. The molecule has 1 aliphatic heterocycles. The highest BCUT2D eigenvalue weighted by molar-refractivity contribution is 5.66. The Kier molecular flexibility index (Phi) is 5.25. The monoisotopic (exact) mass is 322 g/mol. The normalized spacial score (nSPS) is 22.4. The number of rotatable bonds is 7. The highest BCUT2D eigenvalue weighted by atomic mass is 15.1. The number of para-hydroxylation sites is 1. The molecule has 24 heavy (non-hydrogen) atoms. The predicted molar refractivity (Wildman–Crippen MR) is 104 cm³/mol. The molecule has 0 saturated carbocycles. The van der Waals surface area contributed by atoms with Gasteiger partial charge in [-0.2, -0.15) is 0 Å². The third-order valence-electron chi connectivity index (χ3n) is 5.75. The molecule has 2 atom stereocenters. The van der Waals surface area contributed by atoms with Gasteiger partial charge in [0.2, 0.25) is 0 Å². The van der Waals surface area contributed by atoms with E-state index in [4.69, 9.17) is 0 Å². The predicted octanol–water partition coefficient (Wildman–Crippen LogP) is 4.91. The minimum Gasteiger partial charge on any atom is -0.381 e. The summed E-state index contributed by atoms with van der Waals surface area (Å²) in [5.74, 6) is 0. The summed E-state index contributed by atoms with van der Waals surface area (Å²) < 4.78 is 0. The molecule has 0 aromatic heterocycles. The van der Waals surface area contributed by atoms with Crippen molar-refractivity contribution >= 4 is 5.69 Å². The average Bonchev–Trinajstić information content (AvgIpc) is 2.98.